The van der Waals surface area contributed by atoms with Crippen molar-refractivity contribution in [3.05, 3.63) is 29.6 Å². The Kier molecular flexibility index (Phi) is 3.74. The van der Waals surface area contributed by atoms with E-state index in [1.165, 1.54) is 6.07 Å². The van der Waals surface area contributed by atoms with E-state index < -0.39 is 0 Å². The average molecular weight is 224 g/mol. The molecule has 0 aromatic heterocycles. The van der Waals surface area contributed by atoms with Crippen molar-refractivity contribution in [1.82, 2.24) is 4.90 Å². The van der Waals surface area contributed by atoms with E-state index in [-0.39, 0.29) is 5.82 Å². The maximum Gasteiger partial charge on any atom is 0.129 e. The van der Waals surface area contributed by atoms with Crippen LogP contribution in [0.15, 0.2) is 18.2 Å². The van der Waals surface area contributed by atoms with Gasteiger partial charge >= 0.3 is 0 Å². The summed E-state index contributed by atoms with van der Waals surface area (Å²) >= 11 is 0. The SMILES string of the molecule is Nc1cccc(F)c1CN1CCCOCC1. The Morgan fingerprint density at radius 1 is 1.31 bits per heavy atom. The van der Waals surface area contributed by atoms with E-state index in [0.717, 1.165) is 26.1 Å². The number of hydrogen-bond acceptors (Lipinski definition) is 3. The molecule has 2 rings (SSSR count). The molecule has 0 aliphatic carbocycles. The zero-order chi connectivity index (χ0) is 11.4. The van der Waals surface area contributed by atoms with Gasteiger partial charge in [0.2, 0.25) is 0 Å². The molecule has 2 N–H and O–H groups in total. The van der Waals surface area contributed by atoms with Gasteiger partial charge < -0.3 is 10.5 Å². The lowest BCUT2D eigenvalue weighted by Gasteiger charge is -2.20. The summed E-state index contributed by atoms with van der Waals surface area (Å²) in [5.74, 6) is -0.217. The number of benzene rings is 1. The standard InChI is InChI=1S/C12H17FN2O/c13-11-3-1-4-12(14)10(11)9-15-5-2-7-16-8-6-15/h1,3-4H,2,5-9,14H2. The van der Waals surface area contributed by atoms with Crippen molar-refractivity contribution in [2.24, 2.45) is 0 Å². The normalized spacial score (nSPS) is 18.3. The fourth-order valence-electron chi connectivity index (χ4n) is 1.92. The summed E-state index contributed by atoms with van der Waals surface area (Å²) in [6, 6.07) is 4.84. The quantitative estimate of drug-likeness (QED) is 0.776. The molecule has 0 unspecified atom stereocenters. The molecule has 0 bridgehead atoms. The maximum absolute atomic E-state index is 13.6. The molecule has 1 aromatic carbocycles. The van der Waals surface area contributed by atoms with Crippen LogP contribution in [0.25, 0.3) is 0 Å². The molecule has 3 nitrogen and oxygen atoms in total. The van der Waals surface area contributed by atoms with E-state index >= 15 is 0 Å². The predicted octanol–water partition coefficient (Wildman–Crippen LogP) is 1.63. The Bertz CT molecular complexity index is 329. The van der Waals surface area contributed by atoms with Crippen LogP contribution in [0.1, 0.15) is 12.0 Å². The molecule has 1 aromatic rings. The fourth-order valence-corrected chi connectivity index (χ4v) is 1.92. The first-order valence-electron chi connectivity index (χ1n) is 5.60. The molecule has 1 aliphatic heterocycles. The van der Waals surface area contributed by atoms with Gasteiger partial charge in [0.15, 0.2) is 0 Å². The topological polar surface area (TPSA) is 38.5 Å². The Hall–Kier alpha value is -1.13. The number of nitrogens with zero attached hydrogens (tertiary/aromatic N) is 1. The van der Waals surface area contributed by atoms with E-state index in [1.807, 2.05) is 0 Å². The van der Waals surface area contributed by atoms with Crippen molar-refractivity contribution in [3.8, 4) is 0 Å². The Balaban J connectivity index is 2.07. The van der Waals surface area contributed by atoms with E-state index in [1.54, 1.807) is 12.1 Å². The Morgan fingerprint density at radius 2 is 2.19 bits per heavy atom. The molecule has 1 saturated heterocycles. The largest absolute Gasteiger partial charge is 0.398 e. The van der Waals surface area contributed by atoms with Crippen LogP contribution in [0.3, 0.4) is 0 Å². The minimum Gasteiger partial charge on any atom is -0.398 e. The lowest BCUT2D eigenvalue weighted by Crippen LogP contribution is -2.26. The summed E-state index contributed by atoms with van der Waals surface area (Å²) in [5, 5.41) is 0. The smallest absolute Gasteiger partial charge is 0.129 e. The summed E-state index contributed by atoms with van der Waals surface area (Å²) in [6.07, 6.45) is 0.994. The van der Waals surface area contributed by atoms with Crippen molar-refractivity contribution in [2.45, 2.75) is 13.0 Å². The van der Waals surface area contributed by atoms with Crippen molar-refractivity contribution in [1.29, 1.82) is 0 Å². The zero-order valence-electron chi connectivity index (χ0n) is 9.29. The van der Waals surface area contributed by atoms with Crippen LogP contribution < -0.4 is 5.73 Å². The van der Waals surface area contributed by atoms with Gasteiger partial charge in [0.1, 0.15) is 5.82 Å². The summed E-state index contributed by atoms with van der Waals surface area (Å²) < 4.78 is 18.9. The molecule has 16 heavy (non-hydrogen) atoms. The summed E-state index contributed by atoms with van der Waals surface area (Å²) in [4.78, 5) is 2.18. The van der Waals surface area contributed by atoms with Crippen molar-refractivity contribution >= 4 is 5.69 Å². The van der Waals surface area contributed by atoms with Crippen LogP contribution in [0.4, 0.5) is 10.1 Å². The van der Waals surface area contributed by atoms with Gasteiger partial charge in [-0.05, 0) is 18.6 Å². The number of ether oxygens (including phenoxy) is 1. The average Bonchev–Trinajstić information content (AvgIpc) is 2.52. The van der Waals surface area contributed by atoms with Gasteiger partial charge in [-0.1, -0.05) is 6.07 Å². The van der Waals surface area contributed by atoms with Crippen LogP contribution in [0.5, 0.6) is 0 Å². The molecular formula is C12H17FN2O. The molecule has 1 fully saturated rings. The van der Waals surface area contributed by atoms with Gasteiger partial charge in [-0.15, -0.1) is 0 Å². The first kappa shape index (κ1) is 11.4. The van der Waals surface area contributed by atoms with Crippen LogP contribution in [-0.2, 0) is 11.3 Å². The second-order valence-corrected chi connectivity index (χ2v) is 4.05. The molecule has 1 heterocycles. The predicted molar refractivity (Wildman–Crippen MR) is 61.5 cm³/mol. The Labute approximate surface area is 95.0 Å². The molecule has 0 amide bonds. The van der Waals surface area contributed by atoms with E-state index in [0.29, 0.717) is 24.4 Å². The molecule has 0 atom stereocenters. The van der Waals surface area contributed by atoms with Crippen LogP contribution in [0.2, 0.25) is 0 Å². The van der Waals surface area contributed by atoms with Crippen LogP contribution in [0, 0.1) is 5.82 Å². The van der Waals surface area contributed by atoms with Crippen LogP contribution >= 0.6 is 0 Å². The van der Waals surface area contributed by atoms with Crippen molar-refractivity contribution in [2.75, 3.05) is 32.0 Å². The highest BCUT2D eigenvalue weighted by Gasteiger charge is 2.13. The number of nitrogens with two attached hydrogens (primary N) is 1. The van der Waals surface area contributed by atoms with Gasteiger partial charge in [0.25, 0.3) is 0 Å². The Morgan fingerprint density at radius 3 is 3.00 bits per heavy atom. The molecule has 1 aliphatic rings. The van der Waals surface area contributed by atoms with E-state index in [4.69, 9.17) is 10.5 Å². The van der Waals surface area contributed by atoms with Crippen molar-refractivity contribution in [3.63, 3.8) is 0 Å². The highest BCUT2D eigenvalue weighted by Crippen LogP contribution is 2.18. The number of halogens is 1. The number of hydrogen-bond donors (Lipinski definition) is 1. The molecular weight excluding hydrogens is 207 g/mol. The third-order valence-corrected chi connectivity index (χ3v) is 2.85. The first-order chi connectivity index (χ1) is 7.77. The fraction of sp³-hybridized carbons (Fsp3) is 0.500. The number of rotatable bonds is 2. The molecule has 0 saturated carbocycles. The molecule has 4 heteroatoms. The summed E-state index contributed by atoms with van der Waals surface area (Å²) in [6.45, 7) is 3.86. The molecule has 0 spiro atoms. The van der Waals surface area contributed by atoms with E-state index in [9.17, 15) is 4.39 Å². The highest BCUT2D eigenvalue weighted by atomic mass is 19.1. The molecule has 88 valence electrons. The summed E-state index contributed by atoms with van der Waals surface area (Å²) in [7, 11) is 0. The van der Waals surface area contributed by atoms with Gasteiger partial charge in [0.05, 0.1) is 6.61 Å². The second-order valence-electron chi connectivity index (χ2n) is 4.05. The monoisotopic (exact) mass is 224 g/mol. The third kappa shape index (κ3) is 2.71. The highest BCUT2D eigenvalue weighted by molar-refractivity contribution is 5.47. The number of anilines is 1. The maximum atomic E-state index is 13.6. The number of nitrogen functional groups attached to an aromatic ring is 1. The zero-order valence-corrected chi connectivity index (χ0v) is 9.29. The minimum absolute atomic E-state index is 0.217. The minimum atomic E-state index is -0.217. The lowest BCUT2D eigenvalue weighted by atomic mass is 10.1. The third-order valence-electron chi connectivity index (χ3n) is 2.85. The van der Waals surface area contributed by atoms with Gasteiger partial charge in [-0.25, -0.2) is 4.39 Å². The molecule has 0 radical (unpaired) electrons. The van der Waals surface area contributed by atoms with Gasteiger partial charge in [0, 0.05) is 37.5 Å². The lowest BCUT2D eigenvalue weighted by molar-refractivity contribution is 0.140. The van der Waals surface area contributed by atoms with Gasteiger partial charge in [-0.3, -0.25) is 4.90 Å². The van der Waals surface area contributed by atoms with E-state index in [2.05, 4.69) is 4.90 Å². The van der Waals surface area contributed by atoms with Crippen LogP contribution in [-0.4, -0.2) is 31.2 Å². The van der Waals surface area contributed by atoms with Crippen molar-refractivity contribution < 1.29 is 9.13 Å². The van der Waals surface area contributed by atoms with Gasteiger partial charge in [-0.2, -0.15) is 0 Å². The second kappa shape index (κ2) is 5.27. The first-order valence-corrected chi connectivity index (χ1v) is 5.60. The summed E-state index contributed by atoms with van der Waals surface area (Å²) in [5.41, 5.74) is 6.91.